The molecule has 4 N–H and O–H groups in total. The maximum Gasteiger partial charge on any atom is 0.270 e. The summed E-state index contributed by atoms with van der Waals surface area (Å²) in [6.45, 7) is 0. The van der Waals surface area contributed by atoms with Gasteiger partial charge in [-0.2, -0.15) is 4.98 Å². The smallest absolute Gasteiger partial charge is 0.270 e. The van der Waals surface area contributed by atoms with Crippen LogP contribution in [0.1, 0.15) is 74.3 Å². The van der Waals surface area contributed by atoms with Gasteiger partial charge in [-0.05, 0) is 56.0 Å². The number of unbranched alkanes of at least 4 members (excludes halogenated alkanes) is 2. The second-order valence-corrected chi connectivity index (χ2v) is 9.86. The first-order valence-corrected chi connectivity index (χ1v) is 13.0. The molecule has 1 aromatic carbocycles. The number of hydroxylamine groups is 1. The van der Waals surface area contributed by atoms with E-state index in [1.807, 2.05) is 18.2 Å². The lowest BCUT2D eigenvalue weighted by Gasteiger charge is -2.19. The van der Waals surface area contributed by atoms with Crippen molar-refractivity contribution in [1.29, 1.82) is 0 Å². The number of aromatic nitrogens is 3. The molecule has 0 saturated heterocycles. The van der Waals surface area contributed by atoms with Crippen LogP contribution in [0.15, 0.2) is 36.5 Å². The van der Waals surface area contributed by atoms with Crippen molar-refractivity contribution < 1.29 is 19.6 Å². The third kappa shape index (κ3) is 6.65. The summed E-state index contributed by atoms with van der Waals surface area (Å²) in [6.07, 6.45) is 8.68. The number of benzene rings is 1. The Bertz CT molecular complexity index is 1280. The van der Waals surface area contributed by atoms with Crippen molar-refractivity contribution in [3.63, 3.8) is 0 Å². The number of nitrogens with zero attached hydrogens (tertiary/aromatic N) is 4. The van der Waals surface area contributed by atoms with Gasteiger partial charge >= 0.3 is 0 Å². The molecule has 1 saturated carbocycles. The highest BCUT2D eigenvalue weighted by Gasteiger charge is 2.26. The fraction of sp³-hybridized carbons (Fsp3) is 0.444. The highest BCUT2D eigenvalue weighted by Crippen LogP contribution is 2.35. The summed E-state index contributed by atoms with van der Waals surface area (Å²) < 4.78 is 2.08. The molecule has 0 aliphatic heterocycles. The number of amides is 3. The van der Waals surface area contributed by atoms with E-state index >= 15 is 0 Å². The first kappa shape index (κ1) is 27.1. The second kappa shape index (κ2) is 12.5. The number of nitrogens with one attached hydrogen (secondary N) is 3. The first-order chi connectivity index (χ1) is 18.4. The maximum absolute atomic E-state index is 12.9. The van der Waals surface area contributed by atoms with Crippen molar-refractivity contribution in [3.05, 3.63) is 42.2 Å². The van der Waals surface area contributed by atoms with Gasteiger partial charge in [0.05, 0.1) is 0 Å². The van der Waals surface area contributed by atoms with E-state index in [1.165, 1.54) is 0 Å². The third-order valence-electron chi connectivity index (χ3n) is 6.75. The summed E-state index contributed by atoms with van der Waals surface area (Å²) in [7, 11) is 3.51. The van der Waals surface area contributed by atoms with E-state index in [4.69, 9.17) is 10.2 Å². The van der Waals surface area contributed by atoms with Gasteiger partial charge in [0.25, 0.3) is 5.91 Å². The minimum Gasteiger partial charge on any atom is -0.343 e. The molecular formula is C27H35N7O4. The Morgan fingerprint density at radius 1 is 1.00 bits per heavy atom. The third-order valence-corrected chi connectivity index (χ3v) is 6.75. The quantitative estimate of drug-likeness (QED) is 0.167. The molecule has 0 atom stereocenters. The molecule has 1 aliphatic rings. The first-order valence-electron chi connectivity index (χ1n) is 13.0. The minimum atomic E-state index is -0.416. The Balaban J connectivity index is 1.39. The molecule has 3 aromatic rings. The summed E-state index contributed by atoms with van der Waals surface area (Å²) in [5.41, 5.74) is 4.44. The molecule has 0 bridgehead atoms. The van der Waals surface area contributed by atoms with Crippen LogP contribution in [0.4, 0.5) is 17.3 Å². The molecule has 11 heteroatoms. The number of carbonyl (C=O) groups excluding carboxylic acids is 3. The van der Waals surface area contributed by atoms with Crippen molar-refractivity contribution >= 4 is 46.1 Å². The van der Waals surface area contributed by atoms with Gasteiger partial charge in [-0.15, -0.1) is 0 Å². The second-order valence-electron chi connectivity index (χ2n) is 9.86. The van der Waals surface area contributed by atoms with Crippen LogP contribution in [0.25, 0.3) is 11.0 Å². The van der Waals surface area contributed by atoms with Crippen LogP contribution in [0.2, 0.25) is 0 Å². The molecule has 202 valence electrons. The summed E-state index contributed by atoms with van der Waals surface area (Å²) in [4.78, 5) is 46.9. The lowest BCUT2D eigenvalue weighted by Crippen LogP contribution is -2.25. The average Bonchev–Trinajstić information content (AvgIpc) is 3.56. The van der Waals surface area contributed by atoms with Crippen molar-refractivity contribution in [2.45, 2.75) is 63.8 Å². The van der Waals surface area contributed by atoms with E-state index < -0.39 is 5.91 Å². The molecule has 2 heterocycles. The van der Waals surface area contributed by atoms with Gasteiger partial charge in [-0.3, -0.25) is 19.6 Å². The van der Waals surface area contributed by atoms with E-state index in [1.54, 1.807) is 42.8 Å². The lowest BCUT2D eigenvalue weighted by molar-refractivity contribution is -0.129. The van der Waals surface area contributed by atoms with E-state index in [9.17, 15) is 14.4 Å². The van der Waals surface area contributed by atoms with E-state index in [0.29, 0.717) is 36.6 Å². The maximum atomic E-state index is 12.9. The van der Waals surface area contributed by atoms with Crippen molar-refractivity contribution in [1.82, 2.24) is 24.9 Å². The monoisotopic (exact) mass is 521 g/mol. The number of hydrogen-bond donors (Lipinski definition) is 4. The van der Waals surface area contributed by atoms with E-state index in [2.05, 4.69) is 20.2 Å². The molecule has 11 nitrogen and oxygen atoms in total. The van der Waals surface area contributed by atoms with Crippen molar-refractivity contribution in [3.8, 4) is 0 Å². The predicted octanol–water partition coefficient (Wildman–Crippen LogP) is 4.39. The Labute approximate surface area is 221 Å². The minimum absolute atomic E-state index is 0.0452. The Kier molecular flexibility index (Phi) is 8.90. The number of carbonyl (C=O) groups is 3. The number of hydrogen-bond acceptors (Lipinski definition) is 7. The fourth-order valence-electron chi connectivity index (χ4n) is 4.79. The Morgan fingerprint density at radius 2 is 1.66 bits per heavy atom. The van der Waals surface area contributed by atoms with Crippen molar-refractivity contribution in [2.75, 3.05) is 24.7 Å². The SMILES string of the molecule is CN(C)C(=O)c1cc2cnc(Nc3ccc(NC(=O)CCCCCC(=O)NO)cc3)nc2n1C1CCCC1. The summed E-state index contributed by atoms with van der Waals surface area (Å²) in [5, 5.41) is 15.4. The number of fused-ring (bicyclic) bond motifs is 1. The van der Waals surface area contributed by atoms with Crippen LogP contribution in [0.3, 0.4) is 0 Å². The molecular weight excluding hydrogens is 486 g/mol. The highest BCUT2D eigenvalue weighted by molar-refractivity contribution is 5.98. The van der Waals surface area contributed by atoms with Crippen LogP contribution in [-0.4, -0.2) is 56.5 Å². The Hall–Kier alpha value is -3.99. The molecule has 2 aromatic heterocycles. The molecule has 1 fully saturated rings. The van der Waals surface area contributed by atoms with Gasteiger partial charge in [-0.1, -0.05) is 19.3 Å². The van der Waals surface area contributed by atoms with E-state index in [-0.39, 0.29) is 24.3 Å². The zero-order chi connectivity index (χ0) is 27.1. The van der Waals surface area contributed by atoms with Gasteiger partial charge in [0.2, 0.25) is 17.8 Å². The molecule has 0 unspecified atom stereocenters. The summed E-state index contributed by atoms with van der Waals surface area (Å²) in [6, 6.07) is 9.42. The average molecular weight is 522 g/mol. The molecule has 38 heavy (non-hydrogen) atoms. The molecule has 0 spiro atoms. The number of rotatable bonds is 11. The van der Waals surface area contributed by atoms with Crippen LogP contribution in [0, 0.1) is 0 Å². The standard InChI is InChI=1S/C27H35N7O4/c1-33(2)26(37)22-16-18-17-28-27(31-25(18)34(22)21-8-6-7-9-21)30-20-14-12-19(13-15-20)29-23(35)10-4-3-5-11-24(36)32-38/h12-17,21,38H,3-11H2,1-2H3,(H,29,35)(H,32,36)(H,28,30,31). The zero-order valence-corrected chi connectivity index (χ0v) is 21.9. The molecule has 3 amide bonds. The van der Waals surface area contributed by atoms with Gasteiger partial charge in [0.15, 0.2) is 0 Å². The molecule has 1 aliphatic carbocycles. The number of anilines is 3. The predicted molar refractivity (Wildman–Crippen MR) is 144 cm³/mol. The van der Waals surface area contributed by atoms with Gasteiger partial charge in [0, 0.05) is 55.9 Å². The molecule has 0 radical (unpaired) electrons. The van der Waals surface area contributed by atoms with Crippen LogP contribution >= 0.6 is 0 Å². The topological polar surface area (TPSA) is 141 Å². The van der Waals surface area contributed by atoms with Gasteiger partial charge in [-0.25, -0.2) is 10.5 Å². The van der Waals surface area contributed by atoms with Crippen molar-refractivity contribution in [2.24, 2.45) is 0 Å². The van der Waals surface area contributed by atoms with Crippen LogP contribution in [-0.2, 0) is 9.59 Å². The highest BCUT2D eigenvalue weighted by atomic mass is 16.5. The van der Waals surface area contributed by atoms with Crippen LogP contribution < -0.4 is 16.1 Å². The molecule has 4 rings (SSSR count). The lowest BCUT2D eigenvalue weighted by atomic mass is 10.1. The fourth-order valence-corrected chi connectivity index (χ4v) is 4.79. The van der Waals surface area contributed by atoms with E-state index in [0.717, 1.165) is 48.8 Å². The normalized spacial score (nSPS) is 13.4. The summed E-state index contributed by atoms with van der Waals surface area (Å²) in [5.74, 6) is -0.121. The largest absolute Gasteiger partial charge is 0.343 e. The summed E-state index contributed by atoms with van der Waals surface area (Å²) >= 11 is 0. The van der Waals surface area contributed by atoms with Crippen LogP contribution in [0.5, 0.6) is 0 Å². The zero-order valence-electron chi connectivity index (χ0n) is 21.9. The van der Waals surface area contributed by atoms with Gasteiger partial charge < -0.3 is 20.1 Å². The van der Waals surface area contributed by atoms with Gasteiger partial charge in [0.1, 0.15) is 11.3 Å². The Morgan fingerprint density at radius 3 is 2.32 bits per heavy atom.